The molecule has 0 saturated carbocycles. The summed E-state index contributed by atoms with van der Waals surface area (Å²) in [7, 11) is 0. The molecule has 104 valence electrons. The van der Waals surface area contributed by atoms with E-state index in [2.05, 4.69) is 10.3 Å². The van der Waals surface area contributed by atoms with Crippen LogP contribution in [0.3, 0.4) is 0 Å². The molecule has 0 aliphatic carbocycles. The lowest BCUT2D eigenvalue weighted by Gasteiger charge is -2.12. The number of anilines is 1. The van der Waals surface area contributed by atoms with Gasteiger partial charge in [-0.25, -0.2) is 4.98 Å². The molecule has 0 fully saturated rings. The minimum Gasteiger partial charge on any atom is -0.369 e. The van der Waals surface area contributed by atoms with E-state index in [0.29, 0.717) is 6.07 Å². The Hall–Kier alpha value is -1.98. The van der Waals surface area contributed by atoms with Gasteiger partial charge in [-0.05, 0) is 12.1 Å². The van der Waals surface area contributed by atoms with E-state index in [9.17, 15) is 26.3 Å². The van der Waals surface area contributed by atoms with E-state index in [-0.39, 0.29) is 5.56 Å². The molecule has 1 N–H and O–H groups in total. The standard InChI is InChI=1S/C10H7F6N3/c11-9(12,13)3-4-18-8-6(5-17)1-2-7(19-8)10(14,15)16/h1-2H,3-4H2,(H,18,19). The van der Waals surface area contributed by atoms with E-state index in [1.54, 1.807) is 6.07 Å². The SMILES string of the molecule is N#Cc1ccc(C(F)(F)F)nc1NCCC(F)(F)F. The Morgan fingerprint density at radius 2 is 1.79 bits per heavy atom. The predicted octanol–water partition coefficient (Wildman–Crippen LogP) is 3.34. The van der Waals surface area contributed by atoms with Gasteiger partial charge in [0.1, 0.15) is 17.6 Å². The molecule has 0 bridgehead atoms. The first-order valence-electron chi connectivity index (χ1n) is 4.92. The largest absolute Gasteiger partial charge is 0.433 e. The number of alkyl halides is 6. The second kappa shape index (κ2) is 5.34. The number of nitriles is 1. The van der Waals surface area contributed by atoms with Crippen LogP contribution in [0.2, 0.25) is 0 Å². The smallest absolute Gasteiger partial charge is 0.369 e. The fourth-order valence-electron chi connectivity index (χ4n) is 1.16. The van der Waals surface area contributed by atoms with Crippen LogP contribution in [0.25, 0.3) is 0 Å². The lowest BCUT2D eigenvalue weighted by molar-refractivity contribution is -0.141. The Balaban J connectivity index is 2.89. The zero-order valence-electron chi connectivity index (χ0n) is 9.23. The Labute approximate surface area is 103 Å². The predicted molar refractivity (Wildman–Crippen MR) is 53.1 cm³/mol. The number of pyridine rings is 1. The van der Waals surface area contributed by atoms with Crippen LogP contribution in [-0.4, -0.2) is 17.7 Å². The summed E-state index contributed by atoms with van der Waals surface area (Å²) >= 11 is 0. The number of aromatic nitrogens is 1. The fraction of sp³-hybridized carbons (Fsp3) is 0.400. The third kappa shape index (κ3) is 4.65. The van der Waals surface area contributed by atoms with Crippen LogP contribution in [0.1, 0.15) is 17.7 Å². The Bertz CT molecular complexity index is 486. The molecule has 0 unspecified atom stereocenters. The average Bonchev–Trinajstić information content (AvgIpc) is 2.26. The van der Waals surface area contributed by atoms with Crippen LogP contribution in [-0.2, 0) is 6.18 Å². The minimum absolute atomic E-state index is 0.254. The zero-order valence-corrected chi connectivity index (χ0v) is 9.23. The quantitative estimate of drug-likeness (QED) is 0.865. The van der Waals surface area contributed by atoms with Crippen molar-refractivity contribution in [3.8, 4) is 6.07 Å². The van der Waals surface area contributed by atoms with Crippen LogP contribution in [0.5, 0.6) is 0 Å². The second-order valence-electron chi connectivity index (χ2n) is 3.49. The number of hydrogen-bond acceptors (Lipinski definition) is 3. The zero-order chi connectivity index (χ0) is 14.7. The molecule has 1 aromatic heterocycles. The van der Waals surface area contributed by atoms with Gasteiger partial charge in [-0.3, -0.25) is 0 Å². The first-order valence-corrected chi connectivity index (χ1v) is 4.92. The number of rotatable bonds is 3. The van der Waals surface area contributed by atoms with Crippen molar-refractivity contribution >= 4 is 5.82 Å². The van der Waals surface area contributed by atoms with Gasteiger partial charge in [0.15, 0.2) is 0 Å². The van der Waals surface area contributed by atoms with Gasteiger partial charge in [0.2, 0.25) is 0 Å². The molecule has 0 saturated heterocycles. The van der Waals surface area contributed by atoms with E-state index in [1.807, 2.05) is 0 Å². The van der Waals surface area contributed by atoms with Crippen molar-refractivity contribution in [1.82, 2.24) is 4.98 Å². The highest BCUT2D eigenvalue weighted by Crippen LogP contribution is 2.29. The molecule has 1 aromatic rings. The summed E-state index contributed by atoms with van der Waals surface area (Å²) in [6.07, 6.45) is -10.4. The average molecular weight is 283 g/mol. The summed E-state index contributed by atoms with van der Waals surface area (Å²) in [6.45, 7) is -0.660. The summed E-state index contributed by atoms with van der Waals surface area (Å²) < 4.78 is 72.8. The van der Waals surface area contributed by atoms with Gasteiger partial charge in [0.05, 0.1) is 12.0 Å². The van der Waals surface area contributed by atoms with Crippen molar-refractivity contribution in [2.45, 2.75) is 18.8 Å². The van der Waals surface area contributed by atoms with Gasteiger partial charge >= 0.3 is 12.4 Å². The van der Waals surface area contributed by atoms with Crippen LogP contribution in [0.15, 0.2) is 12.1 Å². The molecule has 1 heterocycles. The number of nitrogens with one attached hydrogen (secondary N) is 1. The monoisotopic (exact) mass is 283 g/mol. The Morgan fingerprint density at radius 3 is 2.26 bits per heavy atom. The van der Waals surface area contributed by atoms with Crippen LogP contribution in [0.4, 0.5) is 32.2 Å². The Kier molecular flexibility index (Phi) is 4.24. The molecule has 0 aliphatic heterocycles. The normalized spacial score (nSPS) is 12.1. The van der Waals surface area contributed by atoms with E-state index in [4.69, 9.17) is 5.26 Å². The highest BCUT2D eigenvalue weighted by atomic mass is 19.4. The molecule has 0 amide bonds. The van der Waals surface area contributed by atoms with Gasteiger partial charge in [0, 0.05) is 6.54 Å². The summed E-state index contributed by atoms with van der Waals surface area (Å²) in [6, 6.07) is 2.99. The fourth-order valence-corrected chi connectivity index (χ4v) is 1.16. The maximum absolute atomic E-state index is 12.4. The molecule has 3 nitrogen and oxygen atoms in total. The summed E-state index contributed by atoms with van der Waals surface area (Å²) in [4.78, 5) is 3.11. The van der Waals surface area contributed by atoms with E-state index in [1.165, 1.54) is 0 Å². The summed E-state index contributed by atoms with van der Waals surface area (Å²) in [5.74, 6) is -0.512. The second-order valence-corrected chi connectivity index (χ2v) is 3.49. The molecule has 1 rings (SSSR count). The van der Waals surface area contributed by atoms with Crippen LogP contribution >= 0.6 is 0 Å². The molecule has 0 radical (unpaired) electrons. The highest BCUT2D eigenvalue weighted by molar-refractivity contribution is 5.52. The van der Waals surface area contributed by atoms with Gasteiger partial charge < -0.3 is 5.32 Å². The maximum Gasteiger partial charge on any atom is 0.433 e. The lowest BCUT2D eigenvalue weighted by atomic mass is 10.2. The van der Waals surface area contributed by atoms with Gasteiger partial charge in [-0.1, -0.05) is 0 Å². The molecule has 0 atom stereocenters. The third-order valence-corrected chi connectivity index (χ3v) is 2.01. The van der Waals surface area contributed by atoms with Crippen molar-refractivity contribution in [1.29, 1.82) is 5.26 Å². The van der Waals surface area contributed by atoms with Gasteiger partial charge in [-0.15, -0.1) is 0 Å². The first-order chi connectivity index (χ1) is 8.63. The van der Waals surface area contributed by atoms with E-state index >= 15 is 0 Å². The third-order valence-electron chi connectivity index (χ3n) is 2.01. The van der Waals surface area contributed by atoms with Crippen molar-refractivity contribution < 1.29 is 26.3 Å². The number of halogens is 6. The molecular formula is C10H7F6N3. The topological polar surface area (TPSA) is 48.7 Å². The number of hydrogen-bond donors (Lipinski definition) is 1. The van der Waals surface area contributed by atoms with Gasteiger partial charge in [-0.2, -0.15) is 31.6 Å². The summed E-state index contributed by atoms with van der Waals surface area (Å²) in [5.41, 5.74) is -1.53. The molecule has 19 heavy (non-hydrogen) atoms. The van der Waals surface area contributed by atoms with Crippen LogP contribution in [0, 0.1) is 11.3 Å². The highest BCUT2D eigenvalue weighted by Gasteiger charge is 2.33. The van der Waals surface area contributed by atoms with Crippen LogP contribution < -0.4 is 5.32 Å². The van der Waals surface area contributed by atoms with Gasteiger partial charge in [0.25, 0.3) is 0 Å². The summed E-state index contributed by atoms with van der Waals surface area (Å²) in [5, 5.41) is 10.7. The van der Waals surface area contributed by atoms with Crippen molar-refractivity contribution in [2.24, 2.45) is 0 Å². The van der Waals surface area contributed by atoms with Crippen molar-refractivity contribution in [3.05, 3.63) is 23.4 Å². The molecule has 9 heteroatoms. The molecular weight excluding hydrogens is 276 g/mol. The van der Waals surface area contributed by atoms with Crippen molar-refractivity contribution in [3.63, 3.8) is 0 Å². The van der Waals surface area contributed by atoms with E-state index in [0.717, 1.165) is 6.07 Å². The Morgan fingerprint density at radius 1 is 1.16 bits per heavy atom. The minimum atomic E-state index is -4.73. The first kappa shape index (κ1) is 15.1. The molecule has 0 spiro atoms. The molecule has 0 aromatic carbocycles. The number of nitrogens with zero attached hydrogens (tertiary/aromatic N) is 2. The van der Waals surface area contributed by atoms with Crippen molar-refractivity contribution in [2.75, 3.05) is 11.9 Å². The van der Waals surface area contributed by atoms with E-state index < -0.39 is 36.8 Å². The molecule has 0 aliphatic rings. The maximum atomic E-state index is 12.4. The lowest BCUT2D eigenvalue weighted by Crippen LogP contribution is -2.17.